The predicted molar refractivity (Wildman–Crippen MR) is 53.9 cm³/mol. The lowest BCUT2D eigenvalue weighted by Gasteiger charge is -2.11. The summed E-state index contributed by atoms with van der Waals surface area (Å²) in [5, 5.41) is 21.2. The number of alkyl halides is 3. The third-order valence-electron chi connectivity index (χ3n) is 2.26. The van der Waals surface area contributed by atoms with Crippen LogP contribution in [-0.4, -0.2) is 9.85 Å². The molecule has 0 aliphatic heterocycles. The van der Waals surface area contributed by atoms with Crippen LogP contribution in [0.2, 0.25) is 0 Å². The fourth-order valence-electron chi connectivity index (χ4n) is 1.45. The highest BCUT2D eigenvalue weighted by atomic mass is 19.4. The Hall–Kier alpha value is -2.39. The van der Waals surface area contributed by atoms with Gasteiger partial charge in [0.15, 0.2) is 5.69 Å². The molecule has 1 rings (SSSR count). The highest BCUT2D eigenvalue weighted by molar-refractivity contribution is 5.75. The summed E-state index contributed by atoms with van der Waals surface area (Å²) >= 11 is 0. The average molecular weight is 265 g/mol. The van der Waals surface area contributed by atoms with Crippen molar-refractivity contribution in [3.8, 4) is 0 Å². The van der Waals surface area contributed by atoms with Gasteiger partial charge in [0.05, 0.1) is 15.4 Å². The number of anilines is 1. The fraction of sp³-hybridized carbons (Fsp3) is 0.250. The van der Waals surface area contributed by atoms with E-state index in [4.69, 9.17) is 5.73 Å². The molecule has 0 fully saturated rings. The number of rotatable bonds is 2. The van der Waals surface area contributed by atoms with Gasteiger partial charge in [0.25, 0.3) is 5.69 Å². The molecule has 1 aromatic rings. The van der Waals surface area contributed by atoms with Gasteiger partial charge in [-0.3, -0.25) is 20.2 Å². The SMILES string of the molecule is Cc1c(C(F)(F)F)cc([N+](=O)[O-])c(N)c1[N+](=O)[O-]. The summed E-state index contributed by atoms with van der Waals surface area (Å²) in [6, 6.07) is 0.192. The van der Waals surface area contributed by atoms with E-state index in [9.17, 15) is 33.4 Å². The van der Waals surface area contributed by atoms with Crippen molar-refractivity contribution in [2.24, 2.45) is 0 Å². The second kappa shape index (κ2) is 4.13. The van der Waals surface area contributed by atoms with E-state index >= 15 is 0 Å². The maximum Gasteiger partial charge on any atom is 0.417 e. The molecule has 0 saturated carbocycles. The summed E-state index contributed by atoms with van der Waals surface area (Å²) in [4.78, 5) is 18.8. The summed E-state index contributed by atoms with van der Waals surface area (Å²) in [6.45, 7) is 0.834. The molecule has 0 saturated heterocycles. The highest BCUT2D eigenvalue weighted by Crippen LogP contribution is 2.42. The topological polar surface area (TPSA) is 112 Å². The molecule has 0 aliphatic rings. The monoisotopic (exact) mass is 265 g/mol. The van der Waals surface area contributed by atoms with E-state index < -0.39 is 44.2 Å². The van der Waals surface area contributed by atoms with Crippen LogP contribution in [0.25, 0.3) is 0 Å². The highest BCUT2D eigenvalue weighted by Gasteiger charge is 2.39. The average Bonchev–Trinajstić information content (AvgIpc) is 2.13. The number of nitro groups is 2. The molecule has 0 unspecified atom stereocenters. The van der Waals surface area contributed by atoms with Gasteiger partial charge in [-0.25, -0.2) is 0 Å². The molecule has 0 spiro atoms. The molecule has 0 heterocycles. The van der Waals surface area contributed by atoms with Gasteiger partial charge in [0.2, 0.25) is 0 Å². The first-order valence-corrected chi connectivity index (χ1v) is 4.36. The minimum atomic E-state index is -4.94. The van der Waals surface area contributed by atoms with E-state index in [2.05, 4.69) is 0 Å². The van der Waals surface area contributed by atoms with Gasteiger partial charge in [-0.05, 0) is 6.92 Å². The van der Waals surface area contributed by atoms with Gasteiger partial charge in [-0.2, -0.15) is 13.2 Å². The number of nitrogens with zero attached hydrogens (tertiary/aromatic N) is 2. The maximum absolute atomic E-state index is 12.6. The molecule has 0 atom stereocenters. The zero-order valence-electron chi connectivity index (χ0n) is 8.82. The molecule has 7 nitrogen and oxygen atoms in total. The number of halogens is 3. The van der Waals surface area contributed by atoms with Crippen molar-refractivity contribution in [2.45, 2.75) is 13.1 Å². The Bertz CT molecular complexity index is 541. The van der Waals surface area contributed by atoms with Crippen LogP contribution < -0.4 is 5.73 Å². The third-order valence-corrected chi connectivity index (χ3v) is 2.26. The first-order valence-electron chi connectivity index (χ1n) is 4.36. The Morgan fingerprint density at radius 2 is 1.72 bits per heavy atom. The second-order valence-corrected chi connectivity index (χ2v) is 3.34. The van der Waals surface area contributed by atoms with Crippen LogP contribution in [0.1, 0.15) is 11.1 Å². The van der Waals surface area contributed by atoms with E-state index in [-0.39, 0.29) is 6.07 Å². The zero-order chi connectivity index (χ0) is 14.2. The van der Waals surface area contributed by atoms with Crippen molar-refractivity contribution < 1.29 is 23.0 Å². The van der Waals surface area contributed by atoms with Crippen LogP contribution in [-0.2, 0) is 6.18 Å². The van der Waals surface area contributed by atoms with E-state index in [1.807, 2.05) is 0 Å². The van der Waals surface area contributed by atoms with E-state index in [0.29, 0.717) is 0 Å². The van der Waals surface area contributed by atoms with Crippen molar-refractivity contribution in [3.05, 3.63) is 37.4 Å². The molecule has 0 aromatic heterocycles. The second-order valence-electron chi connectivity index (χ2n) is 3.34. The minimum Gasteiger partial charge on any atom is -0.387 e. The number of nitrogen functional groups attached to an aromatic ring is 1. The van der Waals surface area contributed by atoms with Crippen LogP contribution in [0, 0.1) is 27.2 Å². The summed E-state index contributed by atoms with van der Waals surface area (Å²) in [6.07, 6.45) is -4.94. The first kappa shape index (κ1) is 13.7. The molecule has 0 aliphatic carbocycles. The van der Waals surface area contributed by atoms with Gasteiger partial charge in [-0.15, -0.1) is 0 Å². The van der Waals surface area contributed by atoms with Gasteiger partial charge in [0, 0.05) is 11.6 Å². The normalized spacial score (nSPS) is 11.3. The smallest absolute Gasteiger partial charge is 0.387 e. The molecule has 0 radical (unpaired) electrons. The standard InChI is InChI=1S/C8H6F3N3O4/c1-3-4(8(9,10)11)2-5(13(15)16)6(12)7(3)14(17)18/h2H,12H2,1H3. The van der Waals surface area contributed by atoms with Gasteiger partial charge in [0.1, 0.15) is 0 Å². The van der Waals surface area contributed by atoms with Crippen LogP contribution in [0.3, 0.4) is 0 Å². The van der Waals surface area contributed by atoms with Crippen LogP contribution in [0.15, 0.2) is 6.07 Å². The van der Waals surface area contributed by atoms with E-state index in [1.54, 1.807) is 0 Å². The van der Waals surface area contributed by atoms with Crippen molar-refractivity contribution in [3.63, 3.8) is 0 Å². The molecule has 98 valence electrons. The molecule has 10 heteroatoms. The molecular weight excluding hydrogens is 259 g/mol. The first-order chi connectivity index (χ1) is 8.07. The molecular formula is C8H6F3N3O4. The Morgan fingerprint density at radius 3 is 2.06 bits per heavy atom. The number of benzene rings is 1. The molecule has 2 N–H and O–H groups in total. The lowest BCUT2D eigenvalue weighted by Crippen LogP contribution is -2.12. The number of hydrogen-bond acceptors (Lipinski definition) is 5. The fourth-order valence-corrected chi connectivity index (χ4v) is 1.45. The largest absolute Gasteiger partial charge is 0.417 e. The quantitative estimate of drug-likeness (QED) is 0.501. The molecule has 0 bridgehead atoms. The van der Waals surface area contributed by atoms with Crippen molar-refractivity contribution in [1.82, 2.24) is 0 Å². The predicted octanol–water partition coefficient (Wildman–Crippen LogP) is 2.41. The molecule has 0 amide bonds. The van der Waals surface area contributed by atoms with Crippen molar-refractivity contribution in [1.29, 1.82) is 0 Å². The summed E-state index contributed by atoms with van der Waals surface area (Å²) in [5.74, 6) is 0. The summed E-state index contributed by atoms with van der Waals surface area (Å²) in [5.41, 5.74) is -0.188. The summed E-state index contributed by atoms with van der Waals surface area (Å²) in [7, 11) is 0. The van der Waals surface area contributed by atoms with Crippen LogP contribution in [0.4, 0.5) is 30.2 Å². The Labute approximate surface area is 97.3 Å². The van der Waals surface area contributed by atoms with Crippen molar-refractivity contribution >= 4 is 17.1 Å². The van der Waals surface area contributed by atoms with Gasteiger partial charge >= 0.3 is 11.9 Å². The van der Waals surface area contributed by atoms with Crippen LogP contribution in [0.5, 0.6) is 0 Å². The lowest BCUT2D eigenvalue weighted by molar-refractivity contribution is -0.393. The van der Waals surface area contributed by atoms with Gasteiger partial charge < -0.3 is 5.73 Å². The van der Waals surface area contributed by atoms with Gasteiger partial charge in [-0.1, -0.05) is 0 Å². The number of nitro benzene ring substituents is 2. The number of nitrogens with two attached hydrogens (primary N) is 1. The lowest BCUT2D eigenvalue weighted by atomic mass is 10.0. The summed E-state index contributed by atoms with van der Waals surface area (Å²) < 4.78 is 37.7. The van der Waals surface area contributed by atoms with E-state index in [1.165, 1.54) is 0 Å². The molecule has 18 heavy (non-hydrogen) atoms. The zero-order valence-corrected chi connectivity index (χ0v) is 8.82. The molecule has 1 aromatic carbocycles. The Morgan fingerprint density at radius 1 is 1.22 bits per heavy atom. The maximum atomic E-state index is 12.6. The number of hydrogen-bond donors (Lipinski definition) is 1. The van der Waals surface area contributed by atoms with Crippen molar-refractivity contribution in [2.75, 3.05) is 5.73 Å². The third kappa shape index (κ3) is 2.17. The Kier molecular flexibility index (Phi) is 3.13. The Balaban J connectivity index is 3.78. The van der Waals surface area contributed by atoms with E-state index in [0.717, 1.165) is 6.92 Å². The minimum absolute atomic E-state index is 0.192. The van der Waals surface area contributed by atoms with Crippen LogP contribution >= 0.6 is 0 Å².